The minimum absolute atomic E-state index is 0.354. The molecule has 2 aromatic heterocycles. The van der Waals surface area contributed by atoms with Crippen molar-refractivity contribution in [3.63, 3.8) is 0 Å². The molecule has 3 aromatic rings. The smallest absolute Gasteiger partial charge is 0.0605 e. The van der Waals surface area contributed by atoms with Crippen molar-refractivity contribution in [3.05, 3.63) is 65.6 Å². The number of nitrogens with one attached hydrogen (secondary N) is 2. The largest absolute Gasteiger partial charge is 0.358 e. The van der Waals surface area contributed by atoms with Gasteiger partial charge in [0.25, 0.3) is 0 Å². The normalized spacial score (nSPS) is 18.0. The summed E-state index contributed by atoms with van der Waals surface area (Å²) in [6, 6.07) is 15.8. The van der Waals surface area contributed by atoms with E-state index < -0.39 is 0 Å². The van der Waals surface area contributed by atoms with E-state index in [2.05, 4.69) is 57.7 Å². The minimum Gasteiger partial charge on any atom is -0.358 e. The summed E-state index contributed by atoms with van der Waals surface area (Å²) in [7, 11) is 0. The van der Waals surface area contributed by atoms with Crippen LogP contribution in [0.4, 0.5) is 0 Å². The lowest BCUT2D eigenvalue weighted by molar-refractivity contribution is 0.365. The SMILES string of the molecule is NCCCC(Cc1cc2ccccc2[nH]1)NC1CCCc2cccnc21. The van der Waals surface area contributed by atoms with E-state index in [4.69, 9.17) is 5.73 Å². The fraction of sp³-hybridized carbons (Fsp3) is 0.409. The van der Waals surface area contributed by atoms with Crippen molar-refractivity contribution in [1.82, 2.24) is 15.3 Å². The topological polar surface area (TPSA) is 66.7 Å². The molecule has 136 valence electrons. The number of hydrogen-bond donors (Lipinski definition) is 3. The van der Waals surface area contributed by atoms with Crippen molar-refractivity contribution >= 4 is 10.9 Å². The second-order valence-corrected chi connectivity index (χ2v) is 7.37. The average Bonchev–Trinajstić information content (AvgIpc) is 3.08. The summed E-state index contributed by atoms with van der Waals surface area (Å²) in [5, 5.41) is 5.18. The minimum atomic E-state index is 0.354. The molecule has 26 heavy (non-hydrogen) atoms. The van der Waals surface area contributed by atoms with Gasteiger partial charge in [-0.05, 0) is 67.8 Å². The Hall–Kier alpha value is -2.17. The highest BCUT2D eigenvalue weighted by atomic mass is 15.0. The Balaban J connectivity index is 1.52. The maximum absolute atomic E-state index is 5.79. The maximum Gasteiger partial charge on any atom is 0.0605 e. The number of aryl methyl sites for hydroxylation is 1. The Morgan fingerprint density at radius 1 is 1.23 bits per heavy atom. The highest BCUT2D eigenvalue weighted by Crippen LogP contribution is 2.29. The number of nitrogens with two attached hydrogens (primary N) is 1. The van der Waals surface area contributed by atoms with E-state index >= 15 is 0 Å². The van der Waals surface area contributed by atoms with Crippen molar-refractivity contribution in [2.45, 2.75) is 50.6 Å². The van der Waals surface area contributed by atoms with Gasteiger partial charge in [-0.2, -0.15) is 0 Å². The molecule has 0 saturated heterocycles. The van der Waals surface area contributed by atoms with E-state index in [9.17, 15) is 0 Å². The zero-order valence-corrected chi connectivity index (χ0v) is 15.2. The molecule has 4 nitrogen and oxygen atoms in total. The summed E-state index contributed by atoms with van der Waals surface area (Å²) >= 11 is 0. The van der Waals surface area contributed by atoms with E-state index in [0.29, 0.717) is 12.1 Å². The molecule has 1 aromatic carbocycles. The first kappa shape index (κ1) is 17.3. The zero-order valence-electron chi connectivity index (χ0n) is 15.2. The molecule has 2 unspecified atom stereocenters. The van der Waals surface area contributed by atoms with E-state index in [1.165, 1.54) is 34.3 Å². The Morgan fingerprint density at radius 2 is 2.15 bits per heavy atom. The molecular formula is C22H28N4. The summed E-state index contributed by atoms with van der Waals surface area (Å²) in [5.41, 5.74) is 10.9. The summed E-state index contributed by atoms with van der Waals surface area (Å²) in [5.74, 6) is 0. The van der Waals surface area contributed by atoms with E-state index in [0.717, 1.165) is 38.6 Å². The third kappa shape index (κ3) is 3.81. The molecule has 0 fully saturated rings. The van der Waals surface area contributed by atoms with Gasteiger partial charge in [-0.15, -0.1) is 0 Å². The number of H-pyrrole nitrogens is 1. The van der Waals surface area contributed by atoms with Gasteiger partial charge in [-0.1, -0.05) is 24.3 Å². The van der Waals surface area contributed by atoms with Crippen molar-refractivity contribution in [3.8, 4) is 0 Å². The first-order valence-corrected chi connectivity index (χ1v) is 9.80. The van der Waals surface area contributed by atoms with Gasteiger partial charge in [-0.25, -0.2) is 0 Å². The predicted molar refractivity (Wildman–Crippen MR) is 107 cm³/mol. The second-order valence-electron chi connectivity index (χ2n) is 7.37. The van der Waals surface area contributed by atoms with Crippen molar-refractivity contribution < 1.29 is 0 Å². The van der Waals surface area contributed by atoms with Crippen LogP contribution in [0.3, 0.4) is 0 Å². The molecule has 0 amide bonds. The summed E-state index contributed by atoms with van der Waals surface area (Å²) in [4.78, 5) is 8.25. The number of para-hydroxylation sites is 1. The van der Waals surface area contributed by atoms with Crippen LogP contribution in [-0.4, -0.2) is 22.6 Å². The van der Waals surface area contributed by atoms with Crippen LogP contribution in [-0.2, 0) is 12.8 Å². The molecule has 0 saturated carbocycles. The third-order valence-electron chi connectivity index (χ3n) is 5.44. The van der Waals surface area contributed by atoms with E-state index in [1.54, 1.807) is 0 Å². The van der Waals surface area contributed by atoms with Gasteiger partial charge in [0.05, 0.1) is 5.69 Å². The van der Waals surface area contributed by atoms with E-state index in [-0.39, 0.29) is 0 Å². The van der Waals surface area contributed by atoms with Gasteiger partial charge < -0.3 is 16.0 Å². The molecule has 4 rings (SSSR count). The Labute approximate surface area is 155 Å². The first-order valence-electron chi connectivity index (χ1n) is 9.80. The third-order valence-corrected chi connectivity index (χ3v) is 5.44. The van der Waals surface area contributed by atoms with Crippen LogP contribution in [0.2, 0.25) is 0 Å². The molecule has 0 radical (unpaired) electrons. The van der Waals surface area contributed by atoms with Gasteiger partial charge in [0.2, 0.25) is 0 Å². The Bertz CT molecular complexity index is 821. The lowest BCUT2D eigenvalue weighted by Gasteiger charge is -2.29. The molecule has 2 atom stereocenters. The zero-order chi connectivity index (χ0) is 17.8. The summed E-state index contributed by atoms with van der Waals surface area (Å²) in [6.45, 7) is 0.740. The first-order chi connectivity index (χ1) is 12.8. The van der Waals surface area contributed by atoms with Crippen molar-refractivity contribution in [1.29, 1.82) is 0 Å². The highest BCUT2D eigenvalue weighted by molar-refractivity contribution is 5.80. The number of aromatic amines is 1. The summed E-state index contributed by atoms with van der Waals surface area (Å²) in [6.07, 6.45) is 8.59. The second kappa shape index (κ2) is 8.02. The van der Waals surface area contributed by atoms with Gasteiger partial charge >= 0.3 is 0 Å². The van der Waals surface area contributed by atoms with E-state index in [1.807, 2.05) is 6.20 Å². The number of aromatic nitrogens is 2. The van der Waals surface area contributed by atoms with Crippen LogP contribution in [0.1, 0.15) is 48.7 Å². The molecular weight excluding hydrogens is 320 g/mol. The van der Waals surface area contributed by atoms with Crippen molar-refractivity contribution in [2.75, 3.05) is 6.54 Å². The quantitative estimate of drug-likeness (QED) is 0.607. The molecule has 4 heteroatoms. The monoisotopic (exact) mass is 348 g/mol. The van der Waals surface area contributed by atoms with Crippen LogP contribution in [0.5, 0.6) is 0 Å². The number of rotatable bonds is 7. The van der Waals surface area contributed by atoms with Crippen molar-refractivity contribution in [2.24, 2.45) is 5.73 Å². The highest BCUT2D eigenvalue weighted by Gasteiger charge is 2.24. The molecule has 1 aliphatic rings. The predicted octanol–water partition coefficient (Wildman–Crippen LogP) is 3.88. The van der Waals surface area contributed by atoms with Gasteiger partial charge in [0.1, 0.15) is 0 Å². The number of fused-ring (bicyclic) bond motifs is 2. The number of benzene rings is 1. The Kier molecular flexibility index (Phi) is 5.32. The average molecular weight is 348 g/mol. The Morgan fingerprint density at radius 3 is 3.04 bits per heavy atom. The van der Waals surface area contributed by atoms with Crippen LogP contribution in [0.25, 0.3) is 10.9 Å². The molecule has 2 heterocycles. The van der Waals surface area contributed by atoms with Crippen LogP contribution in [0, 0.1) is 0 Å². The lowest BCUT2D eigenvalue weighted by Crippen LogP contribution is -2.37. The van der Waals surface area contributed by atoms with Gasteiger partial charge in [-0.3, -0.25) is 4.98 Å². The summed E-state index contributed by atoms with van der Waals surface area (Å²) < 4.78 is 0. The van der Waals surface area contributed by atoms with Crippen LogP contribution < -0.4 is 11.1 Å². The van der Waals surface area contributed by atoms with Crippen LogP contribution in [0.15, 0.2) is 48.7 Å². The lowest BCUT2D eigenvalue weighted by atomic mass is 9.90. The molecule has 0 bridgehead atoms. The fourth-order valence-electron chi connectivity index (χ4n) is 4.17. The standard InChI is InChI=1S/C22H28N4/c23-12-4-9-18(15-19-14-17-6-1-2-10-20(17)26-19)25-21-11-3-7-16-8-5-13-24-22(16)21/h1-2,5-6,8,10,13-14,18,21,25-26H,3-4,7,9,11-12,15,23H2. The number of nitrogens with zero attached hydrogens (tertiary/aromatic N) is 1. The molecule has 0 aliphatic heterocycles. The number of pyridine rings is 1. The molecule has 1 aliphatic carbocycles. The van der Waals surface area contributed by atoms with Crippen LogP contribution >= 0.6 is 0 Å². The fourth-order valence-corrected chi connectivity index (χ4v) is 4.17. The van der Waals surface area contributed by atoms with Gasteiger partial charge in [0, 0.05) is 35.9 Å². The maximum atomic E-state index is 5.79. The molecule has 4 N–H and O–H groups in total. The number of hydrogen-bond acceptors (Lipinski definition) is 3. The molecule has 0 spiro atoms. The van der Waals surface area contributed by atoms with Gasteiger partial charge in [0.15, 0.2) is 0 Å².